The molecule has 8 heteroatoms. The van der Waals surface area contributed by atoms with Crippen molar-refractivity contribution >= 4 is 22.9 Å². The largest absolute Gasteiger partial charge is 0.363 e. The summed E-state index contributed by atoms with van der Waals surface area (Å²) < 4.78 is 7.73. The number of hydrogen-bond donors (Lipinski definition) is 0. The molecule has 1 spiro atoms. The van der Waals surface area contributed by atoms with Crippen molar-refractivity contribution in [1.29, 1.82) is 0 Å². The number of thiazole rings is 1. The first kappa shape index (κ1) is 15.7. The first-order chi connectivity index (χ1) is 11.6. The zero-order chi connectivity index (χ0) is 16.6. The number of amides is 1. The summed E-state index contributed by atoms with van der Waals surface area (Å²) in [6.07, 6.45) is 7.35. The third-order valence-corrected chi connectivity index (χ3v) is 5.63. The van der Waals surface area contributed by atoms with E-state index in [1.807, 2.05) is 29.7 Å². The fourth-order valence-corrected chi connectivity index (χ4v) is 4.10. The first-order valence-electron chi connectivity index (χ1n) is 8.17. The molecule has 4 rings (SSSR count). The summed E-state index contributed by atoms with van der Waals surface area (Å²) in [5, 5.41) is 7.35. The quantitative estimate of drug-likeness (QED) is 0.837. The Kier molecular flexibility index (Phi) is 4.11. The topological polar surface area (TPSA) is 63.5 Å². The van der Waals surface area contributed by atoms with Crippen molar-refractivity contribution in [1.82, 2.24) is 19.7 Å². The van der Waals surface area contributed by atoms with E-state index in [4.69, 9.17) is 4.74 Å². The number of rotatable bonds is 3. The minimum Gasteiger partial charge on any atom is -0.363 e. The highest BCUT2D eigenvalue weighted by atomic mass is 32.1. The van der Waals surface area contributed by atoms with E-state index < -0.39 is 0 Å². The first-order valence-corrected chi connectivity index (χ1v) is 9.05. The van der Waals surface area contributed by atoms with E-state index >= 15 is 0 Å². The third kappa shape index (κ3) is 3.09. The second-order valence-electron chi connectivity index (χ2n) is 6.53. The molecule has 0 bridgehead atoms. The number of anilines is 1. The van der Waals surface area contributed by atoms with Crippen molar-refractivity contribution in [2.24, 2.45) is 7.05 Å². The Morgan fingerprint density at radius 1 is 1.38 bits per heavy atom. The molecule has 2 fully saturated rings. The van der Waals surface area contributed by atoms with Crippen molar-refractivity contribution in [2.75, 3.05) is 31.1 Å². The van der Waals surface area contributed by atoms with Crippen molar-refractivity contribution in [3.63, 3.8) is 0 Å². The van der Waals surface area contributed by atoms with E-state index in [1.165, 1.54) is 0 Å². The molecule has 4 heterocycles. The molecule has 0 radical (unpaired) electrons. The highest BCUT2D eigenvalue weighted by molar-refractivity contribution is 7.09. The summed E-state index contributed by atoms with van der Waals surface area (Å²) in [7, 11) is 1.86. The molecule has 2 aliphatic heterocycles. The van der Waals surface area contributed by atoms with E-state index in [2.05, 4.69) is 15.0 Å². The minimum atomic E-state index is -0.233. The van der Waals surface area contributed by atoms with Crippen molar-refractivity contribution in [2.45, 2.75) is 25.0 Å². The van der Waals surface area contributed by atoms with Crippen LogP contribution in [0.25, 0.3) is 0 Å². The van der Waals surface area contributed by atoms with Crippen LogP contribution in [0.15, 0.2) is 24.0 Å². The van der Waals surface area contributed by atoms with Gasteiger partial charge in [0.15, 0.2) is 0 Å². The van der Waals surface area contributed by atoms with Gasteiger partial charge in [-0.05, 0) is 12.8 Å². The van der Waals surface area contributed by atoms with Crippen LogP contribution in [-0.2, 0) is 23.1 Å². The third-order valence-electron chi connectivity index (χ3n) is 4.86. The van der Waals surface area contributed by atoms with Gasteiger partial charge in [-0.1, -0.05) is 0 Å². The second kappa shape index (κ2) is 6.27. The summed E-state index contributed by atoms with van der Waals surface area (Å²) in [4.78, 5) is 20.9. The van der Waals surface area contributed by atoms with Gasteiger partial charge in [0.05, 0.1) is 30.6 Å². The lowest BCUT2D eigenvalue weighted by Crippen LogP contribution is -2.58. The SMILES string of the molecule is Cn1cc(N2CC3(CCN(Cc4nccs4)CC3)OCC2=O)cn1. The number of morpholine rings is 1. The number of carbonyl (C=O) groups is 1. The monoisotopic (exact) mass is 347 g/mol. The van der Waals surface area contributed by atoms with Crippen LogP contribution in [0, 0.1) is 0 Å². The predicted molar refractivity (Wildman–Crippen MR) is 90.9 cm³/mol. The molecule has 2 saturated heterocycles. The average molecular weight is 347 g/mol. The normalized spacial score (nSPS) is 21.5. The molecule has 0 aliphatic carbocycles. The number of aryl methyl sites for hydroxylation is 1. The summed E-state index contributed by atoms with van der Waals surface area (Å²) in [6.45, 7) is 3.60. The van der Waals surface area contributed by atoms with Gasteiger partial charge < -0.3 is 9.64 Å². The van der Waals surface area contributed by atoms with Crippen molar-refractivity contribution in [3.8, 4) is 0 Å². The highest BCUT2D eigenvalue weighted by Gasteiger charge is 2.42. The van der Waals surface area contributed by atoms with Crippen molar-refractivity contribution < 1.29 is 9.53 Å². The van der Waals surface area contributed by atoms with Gasteiger partial charge in [-0.15, -0.1) is 11.3 Å². The molecule has 0 saturated carbocycles. The molecule has 128 valence electrons. The Labute approximate surface area is 144 Å². The van der Waals surface area contributed by atoms with Gasteiger partial charge in [0, 0.05) is 37.9 Å². The predicted octanol–water partition coefficient (Wildman–Crippen LogP) is 1.27. The zero-order valence-corrected chi connectivity index (χ0v) is 14.5. The molecule has 1 amide bonds. The van der Waals surface area contributed by atoms with E-state index in [9.17, 15) is 4.79 Å². The van der Waals surface area contributed by atoms with Crippen LogP contribution in [0.4, 0.5) is 5.69 Å². The summed E-state index contributed by atoms with van der Waals surface area (Å²) in [5.74, 6) is 0.0128. The summed E-state index contributed by atoms with van der Waals surface area (Å²) in [5.41, 5.74) is 0.624. The molecule has 0 unspecified atom stereocenters. The van der Waals surface area contributed by atoms with Gasteiger partial charge in [0.2, 0.25) is 0 Å². The Bertz CT molecular complexity index is 706. The Hall–Kier alpha value is -1.77. The Balaban J connectivity index is 1.42. The molecule has 2 aromatic heterocycles. The van der Waals surface area contributed by atoms with Crippen LogP contribution in [0.5, 0.6) is 0 Å². The lowest BCUT2D eigenvalue weighted by Gasteiger charge is -2.46. The van der Waals surface area contributed by atoms with Crippen LogP contribution in [-0.4, -0.2) is 57.4 Å². The molecule has 0 atom stereocenters. The lowest BCUT2D eigenvalue weighted by molar-refractivity contribution is -0.144. The minimum absolute atomic E-state index is 0.0128. The standard InChI is InChI=1S/C16H21N5O2S/c1-19-9-13(8-18-19)21-12-16(23-11-15(21)22)2-5-20(6-3-16)10-14-17-4-7-24-14/h4,7-9H,2-3,5-6,10-12H2,1H3. The summed E-state index contributed by atoms with van der Waals surface area (Å²) in [6, 6.07) is 0. The molecule has 7 nitrogen and oxygen atoms in total. The smallest absolute Gasteiger partial charge is 0.253 e. The van der Waals surface area contributed by atoms with E-state index in [0.29, 0.717) is 6.54 Å². The number of nitrogens with zero attached hydrogens (tertiary/aromatic N) is 5. The van der Waals surface area contributed by atoms with Crippen LogP contribution in [0.3, 0.4) is 0 Å². The molecule has 2 aromatic rings. The van der Waals surface area contributed by atoms with Crippen molar-refractivity contribution in [3.05, 3.63) is 29.0 Å². The average Bonchev–Trinajstić information content (AvgIpc) is 3.24. The molecule has 24 heavy (non-hydrogen) atoms. The van der Waals surface area contributed by atoms with Crippen LogP contribution < -0.4 is 4.90 Å². The molecular weight excluding hydrogens is 326 g/mol. The summed E-state index contributed by atoms with van der Waals surface area (Å²) >= 11 is 1.70. The van der Waals surface area contributed by atoms with Gasteiger partial charge in [-0.25, -0.2) is 4.98 Å². The van der Waals surface area contributed by atoms with E-state index in [1.54, 1.807) is 22.2 Å². The van der Waals surface area contributed by atoms with E-state index in [-0.39, 0.29) is 18.1 Å². The zero-order valence-electron chi connectivity index (χ0n) is 13.7. The maximum absolute atomic E-state index is 12.3. The van der Waals surface area contributed by atoms with E-state index in [0.717, 1.165) is 43.2 Å². The lowest BCUT2D eigenvalue weighted by atomic mass is 9.89. The van der Waals surface area contributed by atoms with Gasteiger partial charge >= 0.3 is 0 Å². The number of likely N-dealkylation sites (tertiary alicyclic amines) is 1. The fourth-order valence-electron chi connectivity index (χ4n) is 3.44. The second-order valence-corrected chi connectivity index (χ2v) is 7.50. The van der Waals surface area contributed by atoms with Gasteiger partial charge in [0.1, 0.15) is 11.6 Å². The molecule has 0 N–H and O–H groups in total. The van der Waals surface area contributed by atoms with Crippen LogP contribution in [0.1, 0.15) is 17.8 Å². The molecule has 0 aromatic carbocycles. The van der Waals surface area contributed by atoms with Gasteiger partial charge in [-0.3, -0.25) is 14.4 Å². The maximum atomic E-state index is 12.3. The number of ether oxygens (including phenoxy) is 1. The number of hydrogen-bond acceptors (Lipinski definition) is 6. The molecule has 2 aliphatic rings. The number of carbonyl (C=O) groups excluding carboxylic acids is 1. The van der Waals surface area contributed by atoms with Gasteiger partial charge in [-0.2, -0.15) is 5.10 Å². The van der Waals surface area contributed by atoms with Gasteiger partial charge in [0.25, 0.3) is 5.91 Å². The Morgan fingerprint density at radius 2 is 2.21 bits per heavy atom. The Morgan fingerprint density at radius 3 is 2.88 bits per heavy atom. The van der Waals surface area contributed by atoms with Crippen LogP contribution >= 0.6 is 11.3 Å². The van der Waals surface area contributed by atoms with Crippen LogP contribution in [0.2, 0.25) is 0 Å². The maximum Gasteiger partial charge on any atom is 0.253 e. The molecular formula is C16H21N5O2S. The fraction of sp³-hybridized carbons (Fsp3) is 0.562. The number of aromatic nitrogens is 3. The number of piperidine rings is 1. The highest BCUT2D eigenvalue weighted by Crippen LogP contribution is 2.33.